The Hall–Kier alpha value is -5.42. The van der Waals surface area contributed by atoms with Crippen LogP contribution in [0.25, 0.3) is 0 Å². The van der Waals surface area contributed by atoms with Gasteiger partial charge >= 0.3 is 5.97 Å². The second-order valence-corrected chi connectivity index (χ2v) is 11.3. The zero-order valence-electron chi connectivity index (χ0n) is 28.3. The van der Waals surface area contributed by atoms with Gasteiger partial charge in [0.05, 0.1) is 32.2 Å². The number of rotatable bonds is 25. The molecule has 0 aliphatic heterocycles. The van der Waals surface area contributed by atoms with Gasteiger partial charge in [0.15, 0.2) is 0 Å². The summed E-state index contributed by atoms with van der Waals surface area (Å²) in [4.78, 5) is 121. The van der Waals surface area contributed by atoms with E-state index in [-0.39, 0.29) is 19.3 Å². The number of aliphatic hydroxyl groups excluding tert-OH is 1. The van der Waals surface area contributed by atoms with Gasteiger partial charge in [-0.05, 0) is 46.1 Å². The van der Waals surface area contributed by atoms with Crippen LogP contribution in [0.5, 0.6) is 0 Å². The molecule has 0 aliphatic rings. The van der Waals surface area contributed by atoms with Crippen molar-refractivity contribution in [2.75, 3.05) is 26.2 Å². The van der Waals surface area contributed by atoms with Gasteiger partial charge in [-0.2, -0.15) is 0 Å². The molecule has 0 spiro atoms. The fourth-order valence-electron chi connectivity index (χ4n) is 3.94. The van der Waals surface area contributed by atoms with Crippen LogP contribution in [0, 0.1) is 0 Å². The molecule has 51 heavy (non-hydrogen) atoms. The molecule has 0 heterocycles. The van der Waals surface area contributed by atoms with E-state index >= 15 is 0 Å². The molecule has 23 nitrogen and oxygen atoms in total. The third-order valence-electron chi connectivity index (χ3n) is 6.78. The monoisotopic (exact) mass is 731 g/mol. The number of hydrogen-bond acceptors (Lipinski definition) is 13. The van der Waals surface area contributed by atoms with Gasteiger partial charge < -0.3 is 70.4 Å². The highest BCUT2D eigenvalue weighted by Gasteiger charge is 2.29. The van der Waals surface area contributed by atoms with E-state index < -0.39 is 122 Å². The van der Waals surface area contributed by atoms with Gasteiger partial charge in [-0.3, -0.25) is 43.2 Å². The highest BCUT2D eigenvalue weighted by molar-refractivity contribution is 5.96. The quantitative estimate of drug-likeness (QED) is 0.0388. The van der Waals surface area contributed by atoms with E-state index in [4.69, 9.17) is 28.0 Å². The van der Waals surface area contributed by atoms with Gasteiger partial charge in [-0.1, -0.05) is 0 Å². The van der Waals surface area contributed by atoms with E-state index in [0.717, 1.165) is 0 Å². The number of nitrogens with two attached hydrogens (primary N) is 4. The fraction of sp³-hybridized carbons (Fsp3) is 0.643. The first kappa shape index (κ1) is 45.6. The van der Waals surface area contributed by atoms with Crippen LogP contribution >= 0.6 is 0 Å². The van der Waals surface area contributed by atoms with Gasteiger partial charge in [0, 0.05) is 6.42 Å². The van der Waals surface area contributed by atoms with E-state index in [1.807, 2.05) is 10.6 Å². The summed E-state index contributed by atoms with van der Waals surface area (Å²) in [7, 11) is 0. The van der Waals surface area contributed by atoms with Crippen LogP contribution in [0.1, 0.15) is 52.4 Å². The standard InChI is InChI=1S/C28H49N11O12/c1-13(30)23(45)37-15(5-3-4-8-29)26(48)35-14(2)24(46)38-16(6-7-19(31)41)25(47)34-10-21(43)33-11-22(44)36-18(12-40)27(49)39-17(28(50)51)9-20(32)42/h13-18,40H,3-12,29-30H2,1-2H3,(H2,31,41)(H2,32,42)(H,33,43)(H,34,47)(H,35,48)(H,36,44)(H,37,45)(H,38,46)(H,39,49)(H,50,51)/t13-,14-,15-,16-,17-,18-/m0/s1. The first-order chi connectivity index (χ1) is 23.8. The van der Waals surface area contributed by atoms with Crippen molar-refractivity contribution >= 4 is 59.1 Å². The number of carbonyl (C=O) groups excluding carboxylic acids is 9. The highest BCUT2D eigenvalue weighted by Crippen LogP contribution is 2.04. The number of hydrogen-bond donors (Lipinski definition) is 13. The molecule has 0 fully saturated rings. The third-order valence-corrected chi connectivity index (χ3v) is 6.78. The summed E-state index contributed by atoms with van der Waals surface area (Å²) in [6.07, 6.45) is -0.160. The lowest BCUT2D eigenvalue weighted by Gasteiger charge is -2.24. The Morgan fingerprint density at radius 1 is 0.608 bits per heavy atom. The molecule has 0 saturated heterocycles. The van der Waals surface area contributed by atoms with Gasteiger partial charge in [0.1, 0.15) is 30.2 Å². The number of carboxylic acid groups (broad SMARTS) is 1. The van der Waals surface area contributed by atoms with Crippen molar-refractivity contribution in [1.29, 1.82) is 0 Å². The minimum Gasteiger partial charge on any atom is -0.480 e. The first-order valence-corrected chi connectivity index (χ1v) is 15.7. The summed E-state index contributed by atoms with van der Waals surface area (Å²) in [5.41, 5.74) is 21.2. The molecule has 17 N–H and O–H groups in total. The fourth-order valence-corrected chi connectivity index (χ4v) is 3.94. The smallest absolute Gasteiger partial charge is 0.326 e. The molecule has 23 heteroatoms. The van der Waals surface area contributed by atoms with Gasteiger partial charge in [-0.15, -0.1) is 0 Å². The van der Waals surface area contributed by atoms with Crippen molar-refractivity contribution < 1.29 is 58.2 Å². The predicted octanol–water partition coefficient (Wildman–Crippen LogP) is -7.64. The molecule has 0 saturated carbocycles. The summed E-state index contributed by atoms with van der Waals surface area (Å²) in [6.45, 7) is 0.597. The molecular weight excluding hydrogens is 682 g/mol. The van der Waals surface area contributed by atoms with Crippen LogP contribution < -0.4 is 60.2 Å². The van der Waals surface area contributed by atoms with Crippen molar-refractivity contribution in [1.82, 2.24) is 37.2 Å². The van der Waals surface area contributed by atoms with E-state index in [0.29, 0.717) is 19.4 Å². The Morgan fingerprint density at radius 2 is 1.16 bits per heavy atom. The van der Waals surface area contributed by atoms with Crippen molar-refractivity contribution in [2.45, 2.75) is 88.6 Å². The van der Waals surface area contributed by atoms with Gasteiger partial charge in [0.2, 0.25) is 53.2 Å². The molecule has 288 valence electrons. The number of carbonyl (C=O) groups is 10. The van der Waals surface area contributed by atoms with Gasteiger partial charge in [-0.25, -0.2) is 4.79 Å². The molecule has 0 aromatic rings. The van der Waals surface area contributed by atoms with Crippen molar-refractivity contribution in [3.05, 3.63) is 0 Å². The minimum atomic E-state index is -1.73. The Bertz CT molecular complexity index is 1280. The third kappa shape index (κ3) is 19.4. The molecule has 0 bridgehead atoms. The number of aliphatic hydroxyl groups is 1. The largest absolute Gasteiger partial charge is 0.480 e. The Labute approximate surface area is 292 Å². The van der Waals surface area contributed by atoms with Crippen molar-refractivity contribution in [2.24, 2.45) is 22.9 Å². The summed E-state index contributed by atoms with van der Waals surface area (Å²) in [5, 5.41) is 34.1. The molecule has 0 aliphatic carbocycles. The van der Waals surface area contributed by atoms with E-state index in [1.165, 1.54) is 13.8 Å². The molecule has 6 atom stereocenters. The van der Waals surface area contributed by atoms with Crippen LogP contribution in [0.3, 0.4) is 0 Å². The molecule has 0 aromatic carbocycles. The molecule has 0 aromatic heterocycles. The van der Waals surface area contributed by atoms with Crippen LogP contribution in [0.15, 0.2) is 0 Å². The number of aliphatic carboxylic acids is 1. The summed E-state index contributed by atoms with van der Waals surface area (Å²) in [6, 6.07) is -7.99. The highest BCUT2D eigenvalue weighted by atomic mass is 16.4. The van der Waals surface area contributed by atoms with Crippen molar-refractivity contribution in [3.63, 3.8) is 0 Å². The lowest BCUT2D eigenvalue weighted by molar-refractivity contribution is -0.144. The average Bonchev–Trinajstić information content (AvgIpc) is 3.05. The summed E-state index contributed by atoms with van der Waals surface area (Å²) >= 11 is 0. The predicted molar refractivity (Wildman–Crippen MR) is 175 cm³/mol. The maximum Gasteiger partial charge on any atom is 0.326 e. The first-order valence-electron chi connectivity index (χ1n) is 15.7. The molecule has 0 radical (unpaired) electrons. The lowest BCUT2D eigenvalue weighted by Crippen LogP contribution is -2.57. The number of primary amides is 2. The summed E-state index contributed by atoms with van der Waals surface area (Å²) in [5.74, 6) is -9.64. The maximum atomic E-state index is 12.9. The Morgan fingerprint density at radius 3 is 1.69 bits per heavy atom. The second kappa shape index (κ2) is 23.9. The molecule has 9 amide bonds. The molecular formula is C28H49N11O12. The van der Waals surface area contributed by atoms with E-state index in [9.17, 15) is 53.1 Å². The van der Waals surface area contributed by atoms with Gasteiger partial charge in [0.25, 0.3) is 0 Å². The Kier molecular flexibility index (Phi) is 21.3. The van der Waals surface area contributed by atoms with Crippen molar-refractivity contribution in [3.8, 4) is 0 Å². The van der Waals surface area contributed by atoms with Crippen LogP contribution in [0.4, 0.5) is 0 Å². The SMILES string of the molecule is C[C@H](N)C(=O)N[C@@H](CCCCN)C(=O)N[C@@H](C)C(=O)N[C@@H](CCC(N)=O)C(=O)NCC(=O)NCC(=O)N[C@@H](CO)C(=O)N[C@@H](CC(N)=O)C(=O)O. The van der Waals surface area contributed by atoms with E-state index in [1.54, 1.807) is 0 Å². The maximum absolute atomic E-state index is 12.9. The number of carboxylic acids is 1. The second-order valence-electron chi connectivity index (χ2n) is 11.3. The summed E-state index contributed by atoms with van der Waals surface area (Å²) < 4.78 is 0. The normalized spacial score (nSPS) is 14.1. The zero-order chi connectivity index (χ0) is 39.3. The Balaban J connectivity index is 5.23. The van der Waals surface area contributed by atoms with Crippen LogP contribution in [-0.2, 0) is 47.9 Å². The molecule has 0 rings (SSSR count). The minimum absolute atomic E-state index is 0.201. The van der Waals surface area contributed by atoms with Crippen LogP contribution in [-0.4, -0.2) is 132 Å². The van der Waals surface area contributed by atoms with E-state index in [2.05, 4.69) is 26.6 Å². The topological polar surface area (TPSA) is 399 Å². The molecule has 0 unspecified atom stereocenters. The number of nitrogens with one attached hydrogen (secondary N) is 7. The average molecular weight is 732 g/mol. The lowest BCUT2D eigenvalue weighted by atomic mass is 10.1. The zero-order valence-corrected chi connectivity index (χ0v) is 28.3. The number of amides is 9. The van der Waals surface area contributed by atoms with Crippen LogP contribution in [0.2, 0.25) is 0 Å². The number of unbranched alkanes of at least 4 members (excludes halogenated alkanes) is 1.